The zero-order chi connectivity index (χ0) is 10.0. The molecule has 1 aromatic carbocycles. The molecule has 0 unspecified atom stereocenters. The van der Waals surface area contributed by atoms with Gasteiger partial charge in [-0.05, 0) is 13.0 Å². The summed E-state index contributed by atoms with van der Waals surface area (Å²) >= 11 is 0. The van der Waals surface area contributed by atoms with E-state index in [1.165, 1.54) is 13.0 Å². The molecule has 0 aliphatic heterocycles. The van der Waals surface area contributed by atoms with Gasteiger partial charge in [0.05, 0.1) is 5.56 Å². The third-order valence-corrected chi connectivity index (χ3v) is 1.85. The maximum Gasteiger partial charge on any atom is 0.168 e. The van der Waals surface area contributed by atoms with E-state index in [0.29, 0.717) is 12.6 Å². The fourth-order valence-electron chi connectivity index (χ4n) is 1.01. The summed E-state index contributed by atoms with van der Waals surface area (Å²) in [5.41, 5.74) is 0.362. The number of carbonyl (C=O) groups is 2. The molecule has 1 rings (SSSR count). The molecule has 0 fully saturated rings. The van der Waals surface area contributed by atoms with Crippen LogP contribution in [0.15, 0.2) is 6.07 Å². The highest BCUT2D eigenvalue weighted by Crippen LogP contribution is 2.33. The first-order chi connectivity index (χ1) is 6.11. The SMILES string of the molecule is Cc1c(C=O)cc(C=O)c(O)c1O. The van der Waals surface area contributed by atoms with Crippen LogP contribution in [0.25, 0.3) is 0 Å². The molecule has 0 heterocycles. The van der Waals surface area contributed by atoms with Crippen LogP contribution in [0, 0.1) is 6.92 Å². The summed E-state index contributed by atoms with van der Waals surface area (Å²) < 4.78 is 0. The van der Waals surface area contributed by atoms with Crippen molar-refractivity contribution in [3.63, 3.8) is 0 Å². The van der Waals surface area contributed by atoms with Gasteiger partial charge in [-0.2, -0.15) is 0 Å². The number of carbonyl (C=O) groups excluding carboxylic acids is 2. The van der Waals surface area contributed by atoms with Gasteiger partial charge in [0.1, 0.15) is 6.29 Å². The summed E-state index contributed by atoms with van der Waals surface area (Å²) in [7, 11) is 0. The molecule has 4 nitrogen and oxygen atoms in total. The van der Waals surface area contributed by atoms with Crippen LogP contribution >= 0.6 is 0 Å². The van der Waals surface area contributed by atoms with Crippen LogP contribution in [0.3, 0.4) is 0 Å². The second-order valence-electron chi connectivity index (χ2n) is 2.61. The molecule has 0 spiro atoms. The Bertz CT molecular complexity index is 336. The first-order valence-corrected chi connectivity index (χ1v) is 3.57. The number of phenols is 2. The zero-order valence-corrected chi connectivity index (χ0v) is 6.94. The van der Waals surface area contributed by atoms with E-state index in [4.69, 9.17) is 0 Å². The van der Waals surface area contributed by atoms with E-state index in [1.54, 1.807) is 0 Å². The number of hydrogen-bond donors (Lipinski definition) is 2. The number of aromatic hydroxyl groups is 2. The van der Waals surface area contributed by atoms with Gasteiger partial charge in [-0.15, -0.1) is 0 Å². The molecule has 0 saturated heterocycles. The zero-order valence-electron chi connectivity index (χ0n) is 6.94. The molecule has 4 heteroatoms. The first-order valence-electron chi connectivity index (χ1n) is 3.57. The summed E-state index contributed by atoms with van der Waals surface area (Å²) in [5.74, 6) is -0.912. The van der Waals surface area contributed by atoms with Crippen LogP contribution in [0.5, 0.6) is 11.5 Å². The lowest BCUT2D eigenvalue weighted by Crippen LogP contribution is -1.92. The van der Waals surface area contributed by atoms with Crippen molar-refractivity contribution in [2.45, 2.75) is 6.92 Å². The predicted molar refractivity (Wildman–Crippen MR) is 45.3 cm³/mol. The molecule has 0 aromatic heterocycles. The average Bonchev–Trinajstić information content (AvgIpc) is 2.15. The highest BCUT2D eigenvalue weighted by Gasteiger charge is 2.12. The topological polar surface area (TPSA) is 74.6 Å². The maximum absolute atomic E-state index is 10.5. The quantitative estimate of drug-likeness (QED) is 0.526. The first kappa shape index (κ1) is 9.25. The number of aldehydes is 2. The van der Waals surface area contributed by atoms with E-state index in [9.17, 15) is 19.8 Å². The van der Waals surface area contributed by atoms with Crippen molar-refractivity contribution in [2.24, 2.45) is 0 Å². The minimum Gasteiger partial charge on any atom is -0.504 e. The fraction of sp³-hybridized carbons (Fsp3) is 0.111. The van der Waals surface area contributed by atoms with Crippen LogP contribution in [-0.4, -0.2) is 22.8 Å². The van der Waals surface area contributed by atoms with Crippen molar-refractivity contribution in [3.8, 4) is 11.5 Å². The Labute approximate surface area is 74.4 Å². The highest BCUT2D eigenvalue weighted by atomic mass is 16.3. The molecular weight excluding hydrogens is 172 g/mol. The lowest BCUT2D eigenvalue weighted by molar-refractivity contribution is 0.112. The minimum absolute atomic E-state index is 0.0924. The predicted octanol–water partition coefficient (Wildman–Crippen LogP) is 1.03. The Morgan fingerprint density at radius 1 is 1.08 bits per heavy atom. The maximum atomic E-state index is 10.5. The second kappa shape index (κ2) is 3.26. The van der Waals surface area contributed by atoms with E-state index in [1.807, 2.05) is 0 Å². The largest absolute Gasteiger partial charge is 0.504 e. The van der Waals surface area contributed by atoms with Crippen LogP contribution in [0.1, 0.15) is 26.3 Å². The molecule has 0 radical (unpaired) electrons. The third-order valence-electron chi connectivity index (χ3n) is 1.85. The van der Waals surface area contributed by atoms with Crippen molar-refractivity contribution in [2.75, 3.05) is 0 Å². The lowest BCUT2D eigenvalue weighted by Gasteiger charge is -2.06. The summed E-state index contributed by atoms with van der Waals surface area (Å²) in [5, 5.41) is 18.5. The Morgan fingerprint density at radius 3 is 2.08 bits per heavy atom. The van der Waals surface area contributed by atoms with Gasteiger partial charge in [0.2, 0.25) is 0 Å². The number of benzene rings is 1. The Morgan fingerprint density at radius 2 is 1.62 bits per heavy atom. The molecule has 1 aromatic rings. The van der Waals surface area contributed by atoms with Gasteiger partial charge in [-0.1, -0.05) is 0 Å². The summed E-state index contributed by atoms with van der Waals surface area (Å²) in [4.78, 5) is 20.8. The van der Waals surface area contributed by atoms with E-state index < -0.39 is 11.5 Å². The van der Waals surface area contributed by atoms with Crippen LogP contribution in [0.4, 0.5) is 0 Å². The summed E-state index contributed by atoms with van der Waals surface area (Å²) in [6, 6.07) is 1.23. The number of rotatable bonds is 2. The van der Waals surface area contributed by atoms with E-state index in [-0.39, 0.29) is 16.7 Å². The van der Waals surface area contributed by atoms with Crippen LogP contribution in [-0.2, 0) is 0 Å². The van der Waals surface area contributed by atoms with Gasteiger partial charge in [0.15, 0.2) is 17.8 Å². The van der Waals surface area contributed by atoms with Crippen molar-refractivity contribution in [1.29, 1.82) is 0 Å². The number of phenolic OH excluding ortho intramolecular Hbond substituents is 2. The van der Waals surface area contributed by atoms with Gasteiger partial charge in [0.25, 0.3) is 0 Å². The van der Waals surface area contributed by atoms with Crippen molar-refractivity contribution < 1.29 is 19.8 Å². The van der Waals surface area contributed by atoms with E-state index >= 15 is 0 Å². The van der Waals surface area contributed by atoms with Gasteiger partial charge in [0, 0.05) is 11.1 Å². The molecule has 68 valence electrons. The number of hydrogen-bond acceptors (Lipinski definition) is 4. The smallest absolute Gasteiger partial charge is 0.168 e. The summed E-state index contributed by atoms with van der Waals surface area (Å²) in [6.45, 7) is 1.48. The van der Waals surface area contributed by atoms with Crippen LogP contribution in [0.2, 0.25) is 0 Å². The minimum atomic E-state index is -0.488. The fourth-order valence-corrected chi connectivity index (χ4v) is 1.01. The molecule has 0 atom stereocenters. The Hall–Kier alpha value is -1.84. The van der Waals surface area contributed by atoms with Crippen molar-refractivity contribution >= 4 is 12.6 Å². The van der Waals surface area contributed by atoms with E-state index in [0.717, 1.165) is 0 Å². The third kappa shape index (κ3) is 1.38. The van der Waals surface area contributed by atoms with Gasteiger partial charge in [-0.25, -0.2) is 0 Å². The molecule has 0 aliphatic rings. The normalized spacial score (nSPS) is 9.62. The van der Waals surface area contributed by atoms with Gasteiger partial charge >= 0.3 is 0 Å². The summed E-state index contributed by atoms with van der Waals surface area (Å²) in [6.07, 6.45) is 0.892. The molecular formula is C9H8O4. The molecule has 13 heavy (non-hydrogen) atoms. The molecule has 0 amide bonds. The standard InChI is InChI=1S/C9H8O4/c1-5-6(3-10)2-7(4-11)9(13)8(5)12/h2-4,12-13H,1H3. The van der Waals surface area contributed by atoms with Gasteiger partial charge in [-0.3, -0.25) is 9.59 Å². The highest BCUT2D eigenvalue weighted by molar-refractivity contribution is 5.88. The van der Waals surface area contributed by atoms with E-state index in [2.05, 4.69) is 0 Å². The Balaban J connectivity index is 3.53. The van der Waals surface area contributed by atoms with Gasteiger partial charge < -0.3 is 10.2 Å². The van der Waals surface area contributed by atoms with Crippen molar-refractivity contribution in [3.05, 3.63) is 22.8 Å². The molecule has 0 bridgehead atoms. The molecule has 0 aliphatic carbocycles. The average molecular weight is 180 g/mol. The van der Waals surface area contributed by atoms with Crippen LogP contribution < -0.4 is 0 Å². The monoisotopic (exact) mass is 180 g/mol. The Kier molecular flexibility index (Phi) is 2.32. The lowest BCUT2D eigenvalue weighted by atomic mass is 10.0. The second-order valence-corrected chi connectivity index (χ2v) is 2.61. The van der Waals surface area contributed by atoms with Crippen molar-refractivity contribution in [1.82, 2.24) is 0 Å². The molecule has 2 N–H and O–H groups in total. The molecule has 0 saturated carbocycles.